The summed E-state index contributed by atoms with van der Waals surface area (Å²) in [6.45, 7) is 3.30. The number of anilines is 1. The number of rotatable bonds is 4. The molecule has 3 aromatic rings. The number of aromatic nitrogens is 1. The highest BCUT2D eigenvalue weighted by Crippen LogP contribution is 2.39. The van der Waals surface area contributed by atoms with E-state index in [0.717, 1.165) is 27.4 Å². The van der Waals surface area contributed by atoms with Gasteiger partial charge in [-0.2, -0.15) is 4.37 Å². The second-order valence-electron chi connectivity index (χ2n) is 6.18. The van der Waals surface area contributed by atoms with Crippen LogP contribution in [-0.4, -0.2) is 17.6 Å². The third-order valence-corrected chi connectivity index (χ3v) is 5.24. The number of ether oxygens (including phenoxy) is 2. The summed E-state index contributed by atoms with van der Waals surface area (Å²) in [5, 5.41) is 0.737. The average Bonchev–Trinajstić information content (AvgIpc) is 3.32. The van der Waals surface area contributed by atoms with E-state index in [2.05, 4.69) is 29.5 Å². The molecule has 1 aliphatic rings. The Kier molecular flexibility index (Phi) is 4.29. The first-order valence-electron chi connectivity index (χ1n) is 8.35. The monoisotopic (exact) mass is 352 g/mol. The molecule has 4 nitrogen and oxygen atoms in total. The topological polar surface area (TPSA) is 57.4 Å². The van der Waals surface area contributed by atoms with Crippen molar-refractivity contribution < 1.29 is 9.47 Å². The minimum atomic E-state index is -0.835. The van der Waals surface area contributed by atoms with E-state index in [4.69, 9.17) is 15.2 Å². The number of nitrogen functional groups attached to an aromatic ring is 1. The van der Waals surface area contributed by atoms with Gasteiger partial charge < -0.3 is 15.2 Å². The van der Waals surface area contributed by atoms with Gasteiger partial charge in [-0.3, -0.25) is 0 Å². The van der Waals surface area contributed by atoms with E-state index in [-0.39, 0.29) is 5.92 Å². The van der Waals surface area contributed by atoms with Crippen LogP contribution < -0.4 is 5.73 Å². The van der Waals surface area contributed by atoms with Crippen molar-refractivity contribution in [2.24, 2.45) is 0 Å². The minimum Gasteiger partial charge on any atom is -0.389 e. The van der Waals surface area contributed by atoms with Gasteiger partial charge in [0.1, 0.15) is 5.00 Å². The fourth-order valence-corrected chi connectivity index (χ4v) is 3.86. The Labute approximate surface area is 151 Å². The number of hydrogen-bond donors (Lipinski definition) is 1. The Morgan fingerprint density at radius 2 is 1.72 bits per heavy atom. The van der Waals surface area contributed by atoms with Crippen LogP contribution in [0.25, 0.3) is 0 Å². The van der Waals surface area contributed by atoms with Gasteiger partial charge in [-0.25, -0.2) is 0 Å². The molecule has 1 aliphatic heterocycles. The maximum absolute atomic E-state index is 6.10. The van der Waals surface area contributed by atoms with Crippen LogP contribution >= 0.6 is 11.5 Å². The minimum absolute atomic E-state index is 0.155. The van der Waals surface area contributed by atoms with Crippen LogP contribution in [0.5, 0.6) is 0 Å². The number of nitrogens with zero attached hydrogens (tertiary/aromatic N) is 1. The van der Waals surface area contributed by atoms with Gasteiger partial charge in [0.2, 0.25) is 5.79 Å². The zero-order valence-electron chi connectivity index (χ0n) is 14.0. The van der Waals surface area contributed by atoms with Crippen molar-refractivity contribution in [1.82, 2.24) is 4.37 Å². The molecule has 128 valence electrons. The van der Waals surface area contributed by atoms with Crippen molar-refractivity contribution in [1.29, 1.82) is 0 Å². The molecule has 1 saturated heterocycles. The predicted molar refractivity (Wildman–Crippen MR) is 99.6 cm³/mol. The van der Waals surface area contributed by atoms with Crippen LogP contribution in [0.2, 0.25) is 0 Å². The molecule has 1 unspecified atom stereocenters. The first-order chi connectivity index (χ1) is 12.2. The first-order valence-corrected chi connectivity index (χ1v) is 9.12. The molecule has 25 heavy (non-hydrogen) atoms. The van der Waals surface area contributed by atoms with Gasteiger partial charge in [0, 0.05) is 17.0 Å². The highest BCUT2D eigenvalue weighted by Gasteiger charge is 2.40. The summed E-state index contributed by atoms with van der Waals surface area (Å²) in [5.41, 5.74) is 10.0. The zero-order chi connectivity index (χ0) is 17.3. The molecule has 4 rings (SSSR count). The van der Waals surface area contributed by atoms with E-state index in [1.165, 1.54) is 11.5 Å². The Morgan fingerprint density at radius 1 is 1.00 bits per heavy atom. The molecule has 0 bridgehead atoms. The number of benzene rings is 2. The van der Waals surface area contributed by atoms with Crippen molar-refractivity contribution in [3.63, 3.8) is 0 Å². The number of hydrogen-bond acceptors (Lipinski definition) is 5. The quantitative estimate of drug-likeness (QED) is 0.767. The van der Waals surface area contributed by atoms with E-state index >= 15 is 0 Å². The van der Waals surface area contributed by atoms with Crippen LogP contribution in [0.3, 0.4) is 0 Å². The average molecular weight is 352 g/mol. The van der Waals surface area contributed by atoms with Gasteiger partial charge in [-0.05, 0) is 29.2 Å². The van der Waals surface area contributed by atoms with Gasteiger partial charge in [0.25, 0.3) is 0 Å². The third-order valence-electron chi connectivity index (χ3n) is 4.60. The van der Waals surface area contributed by atoms with Gasteiger partial charge >= 0.3 is 0 Å². The fourth-order valence-electron chi connectivity index (χ4n) is 3.26. The Morgan fingerprint density at radius 3 is 2.40 bits per heavy atom. The summed E-state index contributed by atoms with van der Waals surface area (Å²) in [5.74, 6) is -0.680. The van der Waals surface area contributed by atoms with Crippen LogP contribution in [-0.2, 0) is 15.3 Å². The highest BCUT2D eigenvalue weighted by molar-refractivity contribution is 7.10. The molecule has 2 aromatic carbocycles. The Bertz CT molecular complexity index is 857. The van der Waals surface area contributed by atoms with Crippen LogP contribution in [0.15, 0.2) is 60.7 Å². The maximum Gasteiger partial charge on any atom is 0.222 e. The SMILES string of the molecule is CC(c1cccc(C2(c3ccccc3)OCCO2)c1)c1cc(N)sn1. The van der Waals surface area contributed by atoms with Crippen molar-refractivity contribution in [2.45, 2.75) is 18.6 Å². The summed E-state index contributed by atoms with van der Waals surface area (Å²) in [6, 6.07) is 20.4. The normalized spacial score (nSPS) is 17.5. The molecule has 2 N–H and O–H groups in total. The maximum atomic E-state index is 6.10. The lowest BCUT2D eigenvalue weighted by Gasteiger charge is -2.29. The second-order valence-corrected chi connectivity index (χ2v) is 7.02. The molecular weight excluding hydrogens is 332 g/mol. The lowest BCUT2D eigenvalue weighted by molar-refractivity contribution is -0.129. The van der Waals surface area contributed by atoms with Gasteiger partial charge in [0.05, 0.1) is 18.9 Å². The standard InChI is InChI=1S/C20H20N2O2S/c1-14(18-13-19(21)25-22-18)15-6-5-9-17(12-15)20(23-10-11-24-20)16-7-3-2-4-8-16/h2-9,12-14H,10-11,21H2,1H3. The molecule has 2 heterocycles. The molecule has 1 atom stereocenters. The lowest BCUT2D eigenvalue weighted by Crippen LogP contribution is -2.28. The smallest absolute Gasteiger partial charge is 0.222 e. The summed E-state index contributed by atoms with van der Waals surface area (Å²) in [7, 11) is 0. The largest absolute Gasteiger partial charge is 0.389 e. The van der Waals surface area contributed by atoms with Crippen molar-refractivity contribution in [3.05, 3.63) is 83.0 Å². The van der Waals surface area contributed by atoms with E-state index in [9.17, 15) is 0 Å². The fraction of sp³-hybridized carbons (Fsp3) is 0.250. The Hall–Kier alpha value is -2.21. The van der Waals surface area contributed by atoms with Crippen molar-refractivity contribution in [2.75, 3.05) is 18.9 Å². The van der Waals surface area contributed by atoms with E-state index in [1.807, 2.05) is 42.5 Å². The molecule has 0 spiro atoms. The van der Waals surface area contributed by atoms with E-state index < -0.39 is 5.79 Å². The molecule has 1 aromatic heterocycles. The molecule has 5 heteroatoms. The van der Waals surface area contributed by atoms with Crippen LogP contribution in [0.1, 0.15) is 35.2 Å². The zero-order valence-corrected chi connectivity index (χ0v) is 14.8. The molecule has 0 amide bonds. The molecule has 1 fully saturated rings. The first kappa shape index (κ1) is 16.3. The summed E-state index contributed by atoms with van der Waals surface area (Å²) in [4.78, 5) is 0. The van der Waals surface area contributed by atoms with Crippen LogP contribution in [0, 0.1) is 0 Å². The summed E-state index contributed by atoms with van der Waals surface area (Å²) in [6.07, 6.45) is 0. The number of nitrogens with two attached hydrogens (primary N) is 1. The van der Waals surface area contributed by atoms with Gasteiger partial charge in [0.15, 0.2) is 0 Å². The lowest BCUT2D eigenvalue weighted by atomic mass is 9.91. The van der Waals surface area contributed by atoms with Gasteiger partial charge in [-0.15, -0.1) is 0 Å². The van der Waals surface area contributed by atoms with E-state index in [0.29, 0.717) is 13.2 Å². The van der Waals surface area contributed by atoms with Crippen molar-refractivity contribution in [3.8, 4) is 0 Å². The van der Waals surface area contributed by atoms with Gasteiger partial charge in [-0.1, -0.05) is 55.5 Å². The molecule has 0 radical (unpaired) electrons. The highest BCUT2D eigenvalue weighted by atomic mass is 32.1. The predicted octanol–water partition coefficient (Wildman–Crippen LogP) is 4.13. The van der Waals surface area contributed by atoms with E-state index in [1.54, 1.807) is 0 Å². The molecule has 0 saturated carbocycles. The second kappa shape index (κ2) is 6.59. The summed E-state index contributed by atoms with van der Waals surface area (Å²) < 4.78 is 16.7. The molecular formula is C20H20N2O2S. The third kappa shape index (κ3) is 2.95. The van der Waals surface area contributed by atoms with Crippen LogP contribution in [0.4, 0.5) is 5.00 Å². The Balaban J connectivity index is 1.75. The summed E-state index contributed by atoms with van der Waals surface area (Å²) >= 11 is 1.33. The van der Waals surface area contributed by atoms with Crippen molar-refractivity contribution >= 4 is 16.5 Å². The molecule has 0 aliphatic carbocycles.